The van der Waals surface area contributed by atoms with E-state index in [-0.39, 0.29) is 30.8 Å². The van der Waals surface area contributed by atoms with Crippen LogP contribution >= 0.6 is 0 Å². The van der Waals surface area contributed by atoms with E-state index >= 15 is 0 Å². The summed E-state index contributed by atoms with van der Waals surface area (Å²) >= 11 is 0. The number of Topliss-reactive ketones (excluding diaryl/α,β-unsaturated/α-hetero) is 2. The number of allylic oxidation sites excluding steroid dienone is 1. The quantitative estimate of drug-likeness (QED) is 0.513. The summed E-state index contributed by atoms with van der Waals surface area (Å²) in [5.41, 5.74) is 2.51. The molecule has 0 radical (unpaired) electrons. The molecule has 0 aliphatic carbocycles. The van der Waals surface area contributed by atoms with E-state index in [4.69, 9.17) is 0 Å². The summed E-state index contributed by atoms with van der Waals surface area (Å²) < 4.78 is 0. The predicted octanol–water partition coefficient (Wildman–Crippen LogP) is 3.32. The molecule has 0 spiro atoms. The Kier molecular flexibility index (Phi) is 6.17. The molecule has 1 aliphatic rings. The second-order valence-electron chi connectivity index (χ2n) is 7.26. The summed E-state index contributed by atoms with van der Waals surface area (Å²) in [5.74, 6) is -1.37. The summed E-state index contributed by atoms with van der Waals surface area (Å²) in [6.45, 7) is 5.21. The first-order valence-electron chi connectivity index (χ1n) is 9.58. The zero-order chi connectivity index (χ0) is 21.0. The molecule has 148 valence electrons. The summed E-state index contributed by atoms with van der Waals surface area (Å²) in [6.07, 6.45) is 0.649. The third-order valence-corrected chi connectivity index (χ3v) is 5.16. The van der Waals surface area contributed by atoms with Crippen LogP contribution in [0.3, 0.4) is 0 Å². The Morgan fingerprint density at radius 2 is 1.69 bits per heavy atom. The Labute approximate surface area is 170 Å². The van der Waals surface area contributed by atoms with Gasteiger partial charge in [-0.05, 0) is 36.1 Å². The molecule has 0 bridgehead atoms. The Balaban J connectivity index is 1.70. The molecule has 29 heavy (non-hydrogen) atoms. The minimum atomic E-state index is -0.947. The minimum Gasteiger partial charge on any atom is -0.298 e. The van der Waals surface area contributed by atoms with Crippen LogP contribution in [0.1, 0.15) is 41.3 Å². The van der Waals surface area contributed by atoms with Crippen molar-refractivity contribution in [3.63, 3.8) is 0 Å². The predicted molar refractivity (Wildman–Crippen MR) is 109 cm³/mol. The first-order valence-corrected chi connectivity index (χ1v) is 9.58. The highest BCUT2D eigenvalue weighted by Gasteiger charge is 2.37. The molecule has 1 atom stereocenters. The number of amides is 2. The summed E-state index contributed by atoms with van der Waals surface area (Å²) in [6, 6.07) is 15.5. The molecule has 1 heterocycles. The summed E-state index contributed by atoms with van der Waals surface area (Å²) in [5, 5.41) is 0. The van der Waals surface area contributed by atoms with Crippen LogP contribution in [0.5, 0.6) is 0 Å². The Morgan fingerprint density at radius 3 is 2.38 bits per heavy atom. The van der Waals surface area contributed by atoms with E-state index in [0.717, 1.165) is 10.5 Å². The molecule has 0 saturated heterocycles. The second-order valence-corrected chi connectivity index (χ2v) is 7.26. The molecular weight excluding hydrogens is 366 g/mol. The lowest BCUT2D eigenvalue weighted by Crippen LogP contribution is -2.51. The minimum absolute atomic E-state index is 0.0502. The number of hydrogen-bond donors (Lipinski definition) is 0. The van der Waals surface area contributed by atoms with Crippen molar-refractivity contribution in [2.75, 3.05) is 0 Å². The number of ketones is 2. The van der Waals surface area contributed by atoms with Crippen molar-refractivity contribution in [1.82, 2.24) is 4.90 Å². The van der Waals surface area contributed by atoms with Gasteiger partial charge in [0.25, 0.3) is 5.91 Å². The van der Waals surface area contributed by atoms with E-state index in [0.29, 0.717) is 23.1 Å². The molecule has 1 unspecified atom stereocenters. The van der Waals surface area contributed by atoms with Crippen LogP contribution in [0, 0.1) is 0 Å². The van der Waals surface area contributed by atoms with Crippen molar-refractivity contribution in [3.8, 4) is 0 Å². The van der Waals surface area contributed by atoms with Gasteiger partial charge in [-0.3, -0.25) is 24.1 Å². The van der Waals surface area contributed by atoms with Crippen molar-refractivity contribution in [2.45, 2.75) is 38.6 Å². The lowest BCUT2D eigenvalue weighted by molar-refractivity contribution is -0.136. The standard InChI is InChI=1S/C24H23NO4/c1-16(14-18-8-4-3-5-9-18)22(27)13-12-21(17(2)26)25-23(28)15-19-10-6-7-11-20(19)24(25)29/h3-11,21H,1,12-15H2,2H3. The maximum absolute atomic E-state index is 12.8. The monoisotopic (exact) mass is 389 g/mol. The van der Waals surface area contributed by atoms with Crippen LogP contribution in [-0.4, -0.2) is 34.3 Å². The van der Waals surface area contributed by atoms with Crippen molar-refractivity contribution in [2.24, 2.45) is 0 Å². The molecule has 2 aromatic rings. The van der Waals surface area contributed by atoms with Crippen molar-refractivity contribution in [3.05, 3.63) is 83.4 Å². The zero-order valence-electron chi connectivity index (χ0n) is 16.4. The first-order chi connectivity index (χ1) is 13.9. The number of imide groups is 1. The number of benzene rings is 2. The van der Waals surface area contributed by atoms with Gasteiger partial charge in [0.2, 0.25) is 5.91 Å². The van der Waals surface area contributed by atoms with Crippen molar-refractivity contribution in [1.29, 1.82) is 0 Å². The third kappa shape index (κ3) is 4.57. The molecule has 0 fully saturated rings. The highest BCUT2D eigenvalue weighted by atomic mass is 16.2. The van der Waals surface area contributed by atoms with E-state index in [1.54, 1.807) is 24.3 Å². The van der Waals surface area contributed by atoms with Gasteiger partial charge in [-0.15, -0.1) is 0 Å². The number of carbonyl (C=O) groups excluding carboxylic acids is 4. The maximum Gasteiger partial charge on any atom is 0.261 e. The number of nitrogens with zero attached hydrogens (tertiary/aromatic N) is 1. The average molecular weight is 389 g/mol. The third-order valence-electron chi connectivity index (χ3n) is 5.16. The van der Waals surface area contributed by atoms with Crippen LogP contribution in [0.15, 0.2) is 66.7 Å². The van der Waals surface area contributed by atoms with E-state index in [9.17, 15) is 19.2 Å². The molecule has 1 aliphatic heterocycles. The van der Waals surface area contributed by atoms with Gasteiger partial charge in [0.15, 0.2) is 11.6 Å². The van der Waals surface area contributed by atoms with Crippen LogP contribution in [0.2, 0.25) is 0 Å². The molecule has 0 N–H and O–H groups in total. The van der Waals surface area contributed by atoms with Crippen LogP contribution in [0.25, 0.3) is 0 Å². The number of carbonyl (C=O) groups is 4. The fourth-order valence-electron chi connectivity index (χ4n) is 3.59. The van der Waals surface area contributed by atoms with Gasteiger partial charge < -0.3 is 0 Å². The van der Waals surface area contributed by atoms with Crippen molar-refractivity contribution >= 4 is 23.4 Å². The summed E-state index contributed by atoms with van der Waals surface area (Å²) in [4.78, 5) is 51.2. The first kappa shape index (κ1) is 20.4. The SMILES string of the molecule is C=C(Cc1ccccc1)C(=O)CCC(C(C)=O)N1C(=O)Cc2ccccc2C1=O. The largest absolute Gasteiger partial charge is 0.298 e. The zero-order valence-corrected chi connectivity index (χ0v) is 16.4. The molecule has 2 amide bonds. The molecule has 3 rings (SSSR count). The van der Waals surface area contributed by atoms with Gasteiger partial charge in [0.05, 0.1) is 12.5 Å². The van der Waals surface area contributed by atoms with Crippen LogP contribution in [0.4, 0.5) is 0 Å². The molecule has 5 heteroatoms. The number of rotatable bonds is 8. The van der Waals surface area contributed by atoms with Gasteiger partial charge in [-0.25, -0.2) is 0 Å². The van der Waals surface area contributed by atoms with E-state index in [1.807, 2.05) is 30.3 Å². The maximum atomic E-state index is 12.8. The normalized spacial score (nSPS) is 14.3. The lowest BCUT2D eigenvalue weighted by atomic mass is 9.93. The molecule has 0 aromatic heterocycles. The topological polar surface area (TPSA) is 71.5 Å². The average Bonchev–Trinajstić information content (AvgIpc) is 2.70. The molecule has 2 aromatic carbocycles. The Hall–Kier alpha value is -3.34. The van der Waals surface area contributed by atoms with E-state index in [1.165, 1.54) is 6.92 Å². The smallest absolute Gasteiger partial charge is 0.261 e. The van der Waals surface area contributed by atoms with Gasteiger partial charge in [-0.2, -0.15) is 0 Å². The van der Waals surface area contributed by atoms with Gasteiger partial charge in [-0.1, -0.05) is 55.1 Å². The highest BCUT2D eigenvalue weighted by Crippen LogP contribution is 2.24. The fourth-order valence-corrected chi connectivity index (χ4v) is 3.59. The Bertz CT molecular complexity index is 977. The van der Waals surface area contributed by atoms with Gasteiger partial charge in [0.1, 0.15) is 0 Å². The summed E-state index contributed by atoms with van der Waals surface area (Å²) in [7, 11) is 0. The fraction of sp³-hybridized carbons (Fsp3) is 0.250. The Morgan fingerprint density at radius 1 is 1.03 bits per heavy atom. The number of fused-ring (bicyclic) bond motifs is 1. The van der Waals surface area contributed by atoms with Gasteiger partial charge >= 0.3 is 0 Å². The van der Waals surface area contributed by atoms with Crippen LogP contribution in [-0.2, 0) is 27.2 Å². The van der Waals surface area contributed by atoms with Gasteiger partial charge in [0, 0.05) is 18.4 Å². The lowest BCUT2D eigenvalue weighted by Gasteiger charge is -2.32. The highest BCUT2D eigenvalue weighted by molar-refractivity contribution is 6.12. The molecular formula is C24H23NO4. The van der Waals surface area contributed by atoms with E-state index in [2.05, 4.69) is 6.58 Å². The number of hydrogen-bond acceptors (Lipinski definition) is 4. The molecule has 5 nitrogen and oxygen atoms in total. The van der Waals surface area contributed by atoms with Crippen molar-refractivity contribution < 1.29 is 19.2 Å². The second kappa shape index (κ2) is 8.78. The molecule has 0 saturated carbocycles. The van der Waals surface area contributed by atoms with Crippen LogP contribution < -0.4 is 0 Å². The van der Waals surface area contributed by atoms with E-state index < -0.39 is 17.9 Å².